The predicted octanol–water partition coefficient (Wildman–Crippen LogP) is 2.12. The van der Waals surface area contributed by atoms with E-state index in [9.17, 15) is 0 Å². The second kappa shape index (κ2) is 6.13. The first-order chi connectivity index (χ1) is 9.88. The summed E-state index contributed by atoms with van der Waals surface area (Å²) in [6.07, 6.45) is 9.82. The van der Waals surface area contributed by atoms with Crippen LogP contribution in [0.4, 0.5) is 5.82 Å². The Hall–Kier alpha value is -1.75. The Balaban J connectivity index is 1.91. The topological polar surface area (TPSA) is 67.9 Å². The predicted molar refractivity (Wildman–Crippen MR) is 80.6 cm³/mol. The van der Waals surface area contributed by atoms with Crippen LogP contribution in [0.3, 0.4) is 0 Å². The van der Waals surface area contributed by atoms with Crippen molar-refractivity contribution in [2.24, 2.45) is 5.73 Å². The highest BCUT2D eigenvalue weighted by molar-refractivity contribution is 5.71. The molecule has 106 valence electrons. The average Bonchev–Trinajstić information content (AvgIpc) is 2.53. The van der Waals surface area contributed by atoms with Crippen molar-refractivity contribution >= 4 is 17.0 Å². The van der Waals surface area contributed by atoms with Crippen molar-refractivity contribution in [2.45, 2.75) is 38.1 Å². The van der Waals surface area contributed by atoms with Crippen LogP contribution in [0.1, 0.15) is 32.1 Å². The molecule has 1 aliphatic rings. The number of nitrogens with zero attached hydrogens (tertiary/aromatic N) is 4. The van der Waals surface area contributed by atoms with Crippen molar-refractivity contribution in [3.63, 3.8) is 0 Å². The Labute approximate surface area is 119 Å². The first-order valence-corrected chi connectivity index (χ1v) is 7.43. The van der Waals surface area contributed by atoms with Crippen molar-refractivity contribution in [1.29, 1.82) is 0 Å². The molecule has 0 saturated heterocycles. The Morgan fingerprint density at radius 1 is 1.10 bits per heavy atom. The van der Waals surface area contributed by atoms with Crippen molar-refractivity contribution in [2.75, 3.05) is 18.0 Å². The zero-order valence-electron chi connectivity index (χ0n) is 11.7. The molecule has 5 heteroatoms. The highest BCUT2D eigenvalue weighted by Gasteiger charge is 2.22. The molecular formula is C15H21N5. The van der Waals surface area contributed by atoms with Gasteiger partial charge >= 0.3 is 0 Å². The quantitative estimate of drug-likeness (QED) is 0.922. The molecule has 1 aliphatic carbocycles. The van der Waals surface area contributed by atoms with Crippen LogP contribution in [-0.2, 0) is 0 Å². The second-order valence-electron chi connectivity index (χ2n) is 5.34. The highest BCUT2D eigenvalue weighted by atomic mass is 15.2. The molecule has 0 atom stereocenters. The van der Waals surface area contributed by atoms with Gasteiger partial charge in [-0.2, -0.15) is 0 Å². The lowest BCUT2D eigenvalue weighted by Gasteiger charge is -2.35. The van der Waals surface area contributed by atoms with Crippen LogP contribution in [0.2, 0.25) is 0 Å². The maximum atomic E-state index is 5.79. The van der Waals surface area contributed by atoms with E-state index in [1.807, 2.05) is 12.1 Å². The van der Waals surface area contributed by atoms with Crippen LogP contribution in [-0.4, -0.2) is 34.1 Å². The minimum Gasteiger partial charge on any atom is -0.352 e. The van der Waals surface area contributed by atoms with Crippen LogP contribution in [0.15, 0.2) is 24.5 Å². The van der Waals surface area contributed by atoms with Crippen LogP contribution < -0.4 is 10.6 Å². The lowest BCUT2D eigenvalue weighted by Crippen LogP contribution is -2.40. The molecule has 5 nitrogen and oxygen atoms in total. The van der Waals surface area contributed by atoms with E-state index in [4.69, 9.17) is 5.73 Å². The standard InChI is InChI=1S/C15H21N5/c16-8-11-20(12-4-2-1-3-5-12)14-7-6-13-15(19-14)18-10-9-17-13/h6-7,9-10,12H,1-5,8,11,16H2. The Morgan fingerprint density at radius 3 is 2.70 bits per heavy atom. The van der Waals surface area contributed by atoms with Gasteiger partial charge in [0.25, 0.3) is 0 Å². The fraction of sp³-hybridized carbons (Fsp3) is 0.533. The van der Waals surface area contributed by atoms with Crippen molar-refractivity contribution in [3.8, 4) is 0 Å². The van der Waals surface area contributed by atoms with E-state index in [0.29, 0.717) is 18.2 Å². The summed E-state index contributed by atoms with van der Waals surface area (Å²) in [6, 6.07) is 4.60. The van der Waals surface area contributed by atoms with Gasteiger partial charge in [0.1, 0.15) is 11.3 Å². The molecule has 0 unspecified atom stereocenters. The largest absolute Gasteiger partial charge is 0.352 e. The minimum absolute atomic E-state index is 0.564. The fourth-order valence-electron chi connectivity index (χ4n) is 3.02. The van der Waals surface area contributed by atoms with Gasteiger partial charge in [-0.1, -0.05) is 19.3 Å². The molecule has 1 saturated carbocycles. The Bertz CT molecular complexity index is 565. The molecule has 20 heavy (non-hydrogen) atoms. The van der Waals surface area contributed by atoms with Crippen LogP contribution in [0, 0.1) is 0 Å². The van der Waals surface area contributed by atoms with E-state index in [1.54, 1.807) is 12.4 Å². The number of rotatable bonds is 4. The molecule has 0 aliphatic heterocycles. The zero-order chi connectivity index (χ0) is 13.8. The van der Waals surface area contributed by atoms with Gasteiger partial charge in [0.15, 0.2) is 5.65 Å². The summed E-state index contributed by atoms with van der Waals surface area (Å²) in [7, 11) is 0. The summed E-state index contributed by atoms with van der Waals surface area (Å²) in [5, 5.41) is 0. The maximum Gasteiger partial charge on any atom is 0.180 e. The van der Waals surface area contributed by atoms with Crippen molar-refractivity contribution in [3.05, 3.63) is 24.5 Å². The van der Waals surface area contributed by atoms with Crippen LogP contribution in [0.5, 0.6) is 0 Å². The molecule has 2 aromatic rings. The molecule has 3 rings (SSSR count). The zero-order valence-corrected chi connectivity index (χ0v) is 11.7. The number of aromatic nitrogens is 3. The van der Waals surface area contributed by atoms with Crippen LogP contribution >= 0.6 is 0 Å². The molecule has 0 radical (unpaired) electrons. The summed E-state index contributed by atoms with van der Waals surface area (Å²) in [5.41, 5.74) is 7.34. The van der Waals surface area contributed by atoms with Gasteiger partial charge in [0, 0.05) is 31.5 Å². The molecule has 0 bridgehead atoms. The summed E-state index contributed by atoms with van der Waals surface area (Å²) in [5.74, 6) is 0.982. The third kappa shape index (κ3) is 2.72. The number of hydrogen-bond acceptors (Lipinski definition) is 5. The number of pyridine rings is 1. The van der Waals surface area contributed by atoms with Gasteiger partial charge in [-0.15, -0.1) is 0 Å². The SMILES string of the molecule is NCCN(c1ccc2nccnc2n1)C1CCCCC1. The lowest BCUT2D eigenvalue weighted by molar-refractivity contribution is 0.414. The van der Waals surface area contributed by atoms with Gasteiger partial charge < -0.3 is 10.6 Å². The Morgan fingerprint density at radius 2 is 1.90 bits per heavy atom. The number of anilines is 1. The van der Waals surface area contributed by atoms with Gasteiger partial charge in [-0.3, -0.25) is 4.98 Å². The third-order valence-electron chi connectivity index (χ3n) is 4.00. The molecule has 0 aromatic carbocycles. The van der Waals surface area contributed by atoms with E-state index >= 15 is 0 Å². The van der Waals surface area contributed by atoms with Gasteiger partial charge in [-0.05, 0) is 25.0 Å². The molecule has 0 spiro atoms. The van der Waals surface area contributed by atoms with E-state index in [-0.39, 0.29) is 0 Å². The van der Waals surface area contributed by atoms with Gasteiger partial charge in [0.05, 0.1) is 0 Å². The minimum atomic E-state index is 0.564. The monoisotopic (exact) mass is 271 g/mol. The van der Waals surface area contributed by atoms with E-state index in [2.05, 4.69) is 19.9 Å². The van der Waals surface area contributed by atoms with Crippen LogP contribution in [0.25, 0.3) is 11.2 Å². The summed E-state index contributed by atoms with van der Waals surface area (Å²) < 4.78 is 0. The molecule has 0 amide bonds. The van der Waals surface area contributed by atoms with Crippen molar-refractivity contribution in [1.82, 2.24) is 15.0 Å². The third-order valence-corrected chi connectivity index (χ3v) is 4.00. The molecule has 1 fully saturated rings. The fourth-order valence-corrected chi connectivity index (χ4v) is 3.02. The van der Waals surface area contributed by atoms with E-state index in [1.165, 1.54) is 32.1 Å². The lowest BCUT2D eigenvalue weighted by atomic mass is 9.94. The number of fused-ring (bicyclic) bond motifs is 1. The van der Waals surface area contributed by atoms with E-state index < -0.39 is 0 Å². The van der Waals surface area contributed by atoms with Gasteiger partial charge in [0.2, 0.25) is 0 Å². The van der Waals surface area contributed by atoms with E-state index in [0.717, 1.165) is 17.9 Å². The summed E-state index contributed by atoms with van der Waals surface area (Å²) in [6.45, 7) is 1.50. The number of hydrogen-bond donors (Lipinski definition) is 1. The maximum absolute atomic E-state index is 5.79. The summed E-state index contributed by atoms with van der Waals surface area (Å²) in [4.78, 5) is 15.6. The molecule has 2 aromatic heterocycles. The second-order valence-corrected chi connectivity index (χ2v) is 5.34. The first-order valence-electron chi connectivity index (χ1n) is 7.43. The smallest absolute Gasteiger partial charge is 0.180 e. The first kappa shape index (κ1) is 13.2. The molecule has 2 heterocycles. The summed E-state index contributed by atoms with van der Waals surface area (Å²) >= 11 is 0. The molecular weight excluding hydrogens is 250 g/mol. The Kier molecular flexibility index (Phi) is 4.06. The molecule has 2 N–H and O–H groups in total. The normalized spacial score (nSPS) is 16.4. The van der Waals surface area contributed by atoms with Crippen molar-refractivity contribution < 1.29 is 0 Å². The van der Waals surface area contributed by atoms with Gasteiger partial charge in [-0.25, -0.2) is 9.97 Å². The highest BCUT2D eigenvalue weighted by Crippen LogP contribution is 2.26. The average molecular weight is 271 g/mol. The number of nitrogens with two attached hydrogens (primary N) is 1.